The summed E-state index contributed by atoms with van der Waals surface area (Å²) < 4.78 is 10.9. The second-order valence-corrected chi connectivity index (χ2v) is 13.7. The molecule has 1 saturated heterocycles. The van der Waals surface area contributed by atoms with Crippen LogP contribution in [0.3, 0.4) is 0 Å². The molecule has 0 radical (unpaired) electrons. The molecular weight excluding hydrogens is 694 g/mol. The summed E-state index contributed by atoms with van der Waals surface area (Å²) in [6.45, 7) is 1.34. The molecule has 2 amide bonds. The second-order valence-electron chi connectivity index (χ2n) is 11.6. The number of likely N-dealkylation sites (tertiary alicyclic amines) is 1. The van der Waals surface area contributed by atoms with Crippen molar-refractivity contribution in [1.29, 1.82) is 0 Å². The lowest BCUT2D eigenvalue weighted by Crippen LogP contribution is -2.48. The van der Waals surface area contributed by atoms with Gasteiger partial charge >= 0.3 is 11.9 Å². The van der Waals surface area contributed by atoms with Gasteiger partial charge < -0.3 is 9.47 Å². The van der Waals surface area contributed by atoms with Gasteiger partial charge in [-0.15, -0.1) is 0 Å². The van der Waals surface area contributed by atoms with Gasteiger partial charge in [0.15, 0.2) is 12.4 Å². The highest BCUT2D eigenvalue weighted by Crippen LogP contribution is 2.60. The molecule has 0 aromatic heterocycles. The first kappa shape index (κ1) is 30.4. The summed E-state index contributed by atoms with van der Waals surface area (Å²) in [7, 11) is 0. The average molecular weight is 723 g/mol. The number of fused-ring (bicyclic) bond motifs is 5. The van der Waals surface area contributed by atoms with Crippen LogP contribution in [0.15, 0.2) is 78.9 Å². The summed E-state index contributed by atoms with van der Waals surface area (Å²) >= 11 is 7.39. The number of esters is 2. The monoisotopic (exact) mass is 721 g/mol. The first-order valence-corrected chi connectivity index (χ1v) is 16.2. The number of Topliss-reactive ketones (excluding diaryl/α,β-unsaturated/α-hetero) is 1. The number of ether oxygens (including phenoxy) is 2. The number of nitrogens with zero attached hydrogens (tertiary/aromatic N) is 1. The fourth-order valence-corrected chi connectivity index (χ4v) is 8.55. The molecule has 10 heteroatoms. The molecule has 2 bridgehead atoms. The Morgan fingerprint density at radius 1 is 0.818 bits per heavy atom. The van der Waals surface area contributed by atoms with Crippen LogP contribution in [-0.4, -0.2) is 56.7 Å². The molecule has 3 aromatic carbocycles. The van der Waals surface area contributed by atoms with E-state index < -0.39 is 42.2 Å². The zero-order valence-corrected chi connectivity index (χ0v) is 26.9. The summed E-state index contributed by atoms with van der Waals surface area (Å²) in [5.41, 5.74) is 2.43. The molecular formula is C34H29Br2NO7. The Morgan fingerprint density at radius 2 is 1.39 bits per heavy atom. The Balaban J connectivity index is 1.13. The van der Waals surface area contributed by atoms with Crippen LogP contribution in [0.1, 0.15) is 38.3 Å². The van der Waals surface area contributed by atoms with Gasteiger partial charge in [0.2, 0.25) is 11.8 Å². The highest BCUT2D eigenvalue weighted by Gasteiger charge is 2.67. The van der Waals surface area contributed by atoms with Crippen LogP contribution in [0.5, 0.6) is 5.75 Å². The lowest BCUT2D eigenvalue weighted by Gasteiger charge is -2.28. The summed E-state index contributed by atoms with van der Waals surface area (Å²) in [4.78, 5) is 67.5. The zero-order chi connectivity index (χ0) is 31.1. The normalized spacial score (nSPS) is 25.9. The number of benzene rings is 3. The highest BCUT2D eigenvalue weighted by molar-refractivity contribution is 9.12. The standard InChI is InChI=1S/C34H29Br2NO7/c1-18-7-9-21(10-8-18)33(41)44-22-13-11-20(12-14-22)26(38)17-43-34(42)25(15-19-5-3-2-4-6-19)37-31(39)27-23-16-24(28(27)32(37)40)30(36)29(23)35/h2-14,23-25,27-30H,15-17H2,1H3/t23-,24-,25+,27-,28+,29+,30+/m1/s1. The molecule has 7 atom stereocenters. The first-order chi connectivity index (χ1) is 21.1. The van der Waals surface area contributed by atoms with E-state index >= 15 is 0 Å². The van der Waals surface area contributed by atoms with Gasteiger partial charge in [0.1, 0.15) is 11.8 Å². The molecule has 3 aromatic rings. The third-order valence-corrected chi connectivity index (χ3v) is 12.1. The minimum Gasteiger partial charge on any atom is -0.456 e. The van der Waals surface area contributed by atoms with E-state index in [1.807, 2.05) is 49.4 Å². The van der Waals surface area contributed by atoms with Crippen LogP contribution in [0.2, 0.25) is 0 Å². The van der Waals surface area contributed by atoms with Crippen LogP contribution in [-0.2, 0) is 25.5 Å². The molecule has 1 heterocycles. The average Bonchev–Trinajstić information content (AvgIpc) is 3.64. The lowest BCUT2D eigenvalue weighted by atomic mass is 9.81. The Hall–Kier alpha value is -3.63. The van der Waals surface area contributed by atoms with E-state index in [1.54, 1.807) is 12.1 Å². The maximum absolute atomic E-state index is 13.7. The number of amides is 2. The lowest BCUT2D eigenvalue weighted by molar-refractivity contribution is -0.158. The second kappa shape index (κ2) is 12.4. The smallest absolute Gasteiger partial charge is 0.343 e. The van der Waals surface area contributed by atoms with Crippen molar-refractivity contribution in [2.24, 2.45) is 23.7 Å². The summed E-state index contributed by atoms with van der Waals surface area (Å²) in [5.74, 6) is -3.20. The van der Waals surface area contributed by atoms with Crippen molar-refractivity contribution in [2.45, 2.75) is 35.5 Å². The Labute approximate surface area is 271 Å². The molecule has 0 spiro atoms. The Kier molecular flexibility index (Phi) is 8.57. The topological polar surface area (TPSA) is 107 Å². The van der Waals surface area contributed by atoms with E-state index in [9.17, 15) is 24.0 Å². The van der Waals surface area contributed by atoms with Crippen LogP contribution >= 0.6 is 31.9 Å². The molecule has 44 heavy (non-hydrogen) atoms. The Morgan fingerprint density at radius 3 is 1.98 bits per heavy atom. The number of carbonyl (C=O) groups is 5. The number of rotatable bonds is 9. The molecule has 0 unspecified atom stereocenters. The quantitative estimate of drug-likeness (QED) is 0.0967. The molecule has 3 aliphatic rings. The molecule has 6 rings (SSSR count). The number of ketones is 1. The minimum absolute atomic E-state index is 0.00457. The molecule has 3 fully saturated rings. The van der Waals surface area contributed by atoms with E-state index in [0.717, 1.165) is 22.4 Å². The van der Waals surface area contributed by atoms with Crippen LogP contribution < -0.4 is 4.74 Å². The van der Waals surface area contributed by atoms with Gasteiger partial charge in [0.25, 0.3) is 0 Å². The maximum atomic E-state index is 13.7. The number of aryl methyl sites for hydroxylation is 1. The summed E-state index contributed by atoms with van der Waals surface area (Å²) in [6, 6.07) is 20.8. The molecule has 226 valence electrons. The molecule has 1 aliphatic heterocycles. The van der Waals surface area contributed by atoms with Gasteiger partial charge in [0, 0.05) is 21.6 Å². The zero-order valence-electron chi connectivity index (χ0n) is 23.7. The van der Waals surface area contributed by atoms with Crippen molar-refractivity contribution in [1.82, 2.24) is 4.90 Å². The molecule has 2 aliphatic carbocycles. The molecule has 8 nitrogen and oxygen atoms in total. The summed E-state index contributed by atoms with van der Waals surface area (Å²) in [6.07, 6.45) is 0.857. The van der Waals surface area contributed by atoms with Crippen molar-refractivity contribution in [3.8, 4) is 5.75 Å². The SMILES string of the molecule is Cc1ccc(C(=O)Oc2ccc(C(=O)COC(=O)[C@H](Cc3ccccc3)N3C(=O)[C@@H]4[C@H]5C[C@@H]([C@H](Br)[C@H]5Br)[C@@H]4C3=O)cc2)cc1. The highest BCUT2D eigenvalue weighted by atomic mass is 79.9. The fourth-order valence-electron chi connectivity index (χ4n) is 6.68. The third-order valence-electron chi connectivity index (χ3n) is 8.90. The maximum Gasteiger partial charge on any atom is 0.343 e. The van der Waals surface area contributed by atoms with Gasteiger partial charge in [0.05, 0.1) is 17.4 Å². The van der Waals surface area contributed by atoms with E-state index in [4.69, 9.17) is 9.47 Å². The van der Waals surface area contributed by atoms with E-state index in [1.165, 1.54) is 24.3 Å². The first-order valence-electron chi connectivity index (χ1n) is 14.4. The van der Waals surface area contributed by atoms with Gasteiger partial charge in [-0.3, -0.25) is 19.3 Å². The third kappa shape index (κ3) is 5.65. The van der Waals surface area contributed by atoms with Crippen molar-refractivity contribution in [3.05, 3.63) is 101 Å². The van der Waals surface area contributed by atoms with Crippen LogP contribution in [0, 0.1) is 30.6 Å². The van der Waals surface area contributed by atoms with Crippen LogP contribution in [0.4, 0.5) is 0 Å². The van der Waals surface area contributed by atoms with Gasteiger partial charge in [-0.1, -0.05) is 79.9 Å². The van der Waals surface area contributed by atoms with Crippen molar-refractivity contribution in [3.63, 3.8) is 0 Å². The van der Waals surface area contributed by atoms with Gasteiger partial charge in [-0.2, -0.15) is 0 Å². The van der Waals surface area contributed by atoms with Crippen molar-refractivity contribution >= 4 is 61.4 Å². The summed E-state index contributed by atoms with van der Waals surface area (Å²) in [5, 5.41) is 0. The van der Waals surface area contributed by atoms with Crippen molar-refractivity contribution < 1.29 is 33.4 Å². The minimum atomic E-state index is -1.19. The fraction of sp³-hybridized carbons (Fsp3) is 0.324. The predicted molar refractivity (Wildman–Crippen MR) is 168 cm³/mol. The molecule has 2 saturated carbocycles. The Bertz CT molecular complexity index is 1580. The van der Waals surface area contributed by atoms with Gasteiger partial charge in [-0.05, 0) is 67.1 Å². The van der Waals surface area contributed by atoms with Gasteiger partial charge in [-0.25, -0.2) is 9.59 Å². The number of alkyl halides is 2. The molecule has 0 N–H and O–H groups in total. The predicted octanol–water partition coefficient (Wildman–Crippen LogP) is 5.33. The van der Waals surface area contributed by atoms with E-state index in [-0.39, 0.29) is 51.0 Å². The number of imide groups is 1. The number of carbonyl (C=O) groups excluding carboxylic acids is 5. The van der Waals surface area contributed by atoms with Crippen LogP contribution in [0.25, 0.3) is 0 Å². The largest absolute Gasteiger partial charge is 0.456 e. The number of hydrogen-bond donors (Lipinski definition) is 0. The van der Waals surface area contributed by atoms with E-state index in [2.05, 4.69) is 31.9 Å². The van der Waals surface area contributed by atoms with Crippen molar-refractivity contribution in [2.75, 3.05) is 6.61 Å². The number of halogens is 2. The number of hydrogen-bond acceptors (Lipinski definition) is 7. The van der Waals surface area contributed by atoms with E-state index in [0.29, 0.717) is 5.56 Å².